The zero-order valence-corrected chi connectivity index (χ0v) is 11.0. The van der Waals surface area contributed by atoms with Gasteiger partial charge in [-0.3, -0.25) is 0 Å². The van der Waals surface area contributed by atoms with Crippen molar-refractivity contribution in [2.24, 2.45) is 0 Å². The number of hydrogen-bond acceptors (Lipinski definition) is 4. The van der Waals surface area contributed by atoms with Gasteiger partial charge in [0.2, 0.25) is 11.8 Å². The highest BCUT2D eigenvalue weighted by molar-refractivity contribution is 5.62. The van der Waals surface area contributed by atoms with Crippen LogP contribution in [0.4, 0.5) is 5.95 Å². The Labute approximate surface area is 112 Å². The second-order valence-corrected chi connectivity index (χ2v) is 4.91. The molecule has 1 aliphatic carbocycles. The number of rotatable bonds is 3. The minimum Gasteiger partial charge on any atom is -0.481 e. The van der Waals surface area contributed by atoms with Crippen LogP contribution in [0.25, 0.3) is 11.3 Å². The SMILES string of the molecule is COc1cc(-c2cccc(C3CCC3)c2)nc(N)n1. The Bertz CT molecular complexity index is 594. The Morgan fingerprint density at radius 2 is 2.05 bits per heavy atom. The number of anilines is 1. The Morgan fingerprint density at radius 1 is 1.21 bits per heavy atom. The monoisotopic (exact) mass is 255 g/mol. The molecular weight excluding hydrogens is 238 g/mol. The number of methoxy groups -OCH3 is 1. The third kappa shape index (κ3) is 2.38. The summed E-state index contributed by atoms with van der Waals surface area (Å²) in [4.78, 5) is 8.29. The van der Waals surface area contributed by atoms with E-state index >= 15 is 0 Å². The van der Waals surface area contributed by atoms with E-state index in [1.807, 2.05) is 12.1 Å². The molecule has 0 bridgehead atoms. The third-order valence-corrected chi connectivity index (χ3v) is 3.69. The molecule has 19 heavy (non-hydrogen) atoms. The largest absolute Gasteiger partial charge is 0.481 e. The van der Waals surface area contributed by atoms with Crippen molar-refractivity contribution in [3.8, 4) is 17.1 Å². The van der Waals surface area contributed by atoms with Gasteiger partial charge in [0.15, 0.2) is 0 Å². The molecule has 1 aromatic heterocycles. The standard InChI is InChI=1S/C15H17N3O/c1-19-14-9-13(17-15(16)18-14)12-7-3-6-11(8-12)10-4-2-5-10/h3,6-10H,2,4-5H2,1H3,(H2,16,17,18). The van der Waals surface area contributed by atoms with Gasteiger partial charge in [-0.05, 0) is 30.4 Å². The van der Waals surface area contributed by atoms with E-state index in [0.29, 0.717) is 11.8 Å². The molecule has 1 aliphatic rings. The minimum absolute atomic E-state index is 0.239. The molecule has 0 aliphatic heterocycles. The zero-order chi connectivity index (χ0) is 13.2. The summed E-state index contributed by atoms with van der Waals surface area (Å²) in [6, 6.07) is 10.3. The highest BCUT2D eigenvalue weighted by atomic mass is 16.5. The van der Waals surface area contributed by atoms with E-state index in [1.54, 1.807) is 7.11 Å². The molecule has 0 amide bonds. The topological polar surface area (TPSA) is 61.0 Å². The van der Waals surface area contributed by atoms with E-state index in [4.69, 9.17) is 10.5 Å². The van der Waals surface area contributed by atoms with E-state index in [0.717, 1.165) is 11.3 Å². The van der Waals surface area contributed by atoms with Gasteiger partial charge in [-0.2, -0.15) is 4.98 Å². The van der Waals surface area contributed by atoms with Crippen molar-refractivity contribution in [3.05, 3.63) is 35.9 Å². The lowest BCUT2D eigenvalue weighted by molar-refractivity contribution is 0.398. The first-order valence-electron chi connectivity index (χ1n) is 6.55. The lowest BCUT2D eigenvalue weighted by Gasteiger charge is -2.26. The maximum absolute atomic E-state index is 5.71. The maximum atomic E-state index is 5.71. The predicted octanol–water partition coefficient (Wildman–Crippen LogP) is 3.00. The number of nitrogens with zero attached hydrogens (tertiary/aromatic N) is 2. The van der Waals surface area contributed by atoms with Crippen LogP contribution in [0.2, 0.25) is 0 Å². The summed E-state index contributed by atoms with van der Waals surface area (Å²) < 4.78 is 5.14. The van der Waals surface area contributed by atoms with E-state index in [-0.39, 0.29) is 5.95 Å². The van der Waals surface area contributed by atoms with E-state index in [9.17, 15) is 0 Å². The molecule has 3 rings (SSSR count). The summed E-state index contributed by atoms with van der Waals surface area (Å²) >= 11 is 0. The van der Waals surface area contributed by atoms with Gasteiger partial charge in [0.05, 0.1) is 12.8 Å². The summed E-state index contributed by atoms with van der Waals surface area (Å²) in [5.41, 5.74) is 8.97. The van der Waals surface area contributed by atoms with Crippen LogP contribution in [0.3, 0.4) is 0 Å². The van der Waals surface area contributed by atoms with Crippen molar-refractivity contribution < 1.29 is 4.74 Å². The highest BCUT2D eigenvalue weighted by Gasteiger charge is 2.19. The lowest BCUT2D eigenvalue weighted by atomic mass is 9.79. The molecule has 0 saturated heterocycles. The van der Waals surface area contributed by atoms with Gasteiger partial charge in [0.1, 0.15) is 0 Å². The van der Waals surface area contributed by atoms with Crippen LogP contribution >= 0.6 is 0 Å². The summed E-state index contributed by atoms with van der Waals surface area (Å²) in [7, 11) is 1.58. The van der Waals surface area contributed by atoms with E-state index in [2.05, 4.69) is 28.2 Å². The molecule has 1 fully saturated rings. The van der Waals surface area contributed by atoms with Crippen LogP contribution in [0.5, 0.6) is 5.88 Å². The number of aromatic nitrogens is 2. The lowest BCUT2D eigenvalue weighted by Crippen LogP contribution is -2.08. The van der Waals surface area contributed by atoms with Crippen LogP contribution in [0, 0.1) is 0 Å². The number of nitrogens with two attached hydrogens (primary N) is 1. The van der Waals surface area contributed by atoms with Gasteiger partial charge >= 0.3 is 0 Å². The second-order valence-electron chi connectivity index (χ2n) is 4.91. The molecule has 1 aromatic carbocycles. The molecule has 4 nitrogen and oxygen atoms in total. The van der Waals surface area contributed by atoms with Crippen LogP contribution in [-0.4, -0.2) is 17.1 Å². The van der Waals surface area contributed by atoms with Crippen molar-refractivity contribution >= 4 is 5.95 Å². The van der Waals surface area contributed by atoms with Crippen LogP contribution in [-0.2, 0) is 0 Å². The molecule has 2 N–H and O–H groups in total. The number of nitrogen functional groups attached to an aromatic ring is 1. The summed E-state index contributed by atoms with van der Waals surface area (Å²) in [6.45, 7) is 0. The first kappa shape index (κ1) is 12.0. The van der Waals surface area contributed by atoms with Crippen molar-refractivity contribution in [2.75, 3.05) is 12.8 Å². The van der Waals surface area contributed by atoms with Gasteiger partial charge in [0.25, 0.3) is 0 Å². The van der Waals surface area contributed by atoms with Crippen molar-refractivity contribution in [3.63, 3.8) is 0 Å². The van der Waals surface area contributed by atoms with Crippen LogP contribution in [0.15, 0.2) is 30.3 Å². The zero-order valence-electron chi connectivity index (χ0n) is 11.0. The highest BCUT2D eigenvalue weighted by Crippen LogP contribution is 2.37. The van der Waals surface area contributed by atoms with Crippen LogP contribution < -0.4 is 10.5 Å². The van der Waals surface area contributed by atoms with Gasteiger partial charge in [-0.1, -0.05) is 24.6 Å². The van der Waals surface area contributed by atoms with E-state index in [1.165, 1.54) is 24.8 Å². The minimum atomic E-state index is 0.239. The van der Waals surface area contributed by atoms with Crippen molar-refractivity contribution in [2.45, 2.75) is 25.2 Å². The first-order chi connectivity index (χ1) is 9.26. The predicted molar refractivity (Wildman–Crippen MR) is 75.0 cm³/mol. The van der Waals surface area contributed by atoms with Gasteiger partial charge in [0, 0.05) is 11.6 Å². The van der Waals surface area contributed by atoms with Gasteiger partial charge in [-0.25, -0.2) is 4.98 Å². The Kier molecular flexibility index (Phi) is 3.07. The summed E-state index contributed by atoms with van der Waals surface area (Å²) in [5, 5.41) is 0. The molecular formula is C15H17N3O. The Morgan fingerprint density at radius 3 is 2.74 bits per heavy atom. The molecule has 2 aromatic rings. The van der Waals surface area contributed by atoms with Crippen molar-refractivity contribution in [1.29, 1.82) is 0 Å². The fourth-order valence-corrected chi connectivity index (χ4v) is 2.39. The molecule has 1 saturated carbocycles. The normalized spacial score (nSPS) is 15.0. The third-order valence-electron chi connectivity index (χ3n) is 3.69. The Balaban J connectivity index is 1.98. The molecule has 1 heterocycles. The smallest absolute Gasteiger partial charge is 0.223 e. The molecule has 98 valence electrons. The van der Waals surface area contributed by atoms with Crippen LogP contribution in [0.1, 0.15) is 30.7 Å². The van der Waals surface area contributed by atoms with E-state index < -0.39 is 0 Å². The number of benzene rings is 1. The average Bonchev–Trinajstić information content (AvgIpc) is 2.36. The fourth-order valence-electron chi connectivity index (χ4n) is 2.39. The summed E-state index contributed by atoms with van der Waals surface area (Å²) in [6.07, 6.45) is 3.92. The maximum Gasteiger partial charge on any atom is 0.223 e. The number of ether oxygens (including phenoxy) is 1. The van der Waals surface area contributed by atoms with Gasteiger partial charge < -0.3 is 10.5 Å². The van der Waals surface area contributed by atoms with Crippen molar-refractivity contribution in [1.82, 2.24) is 9.97 Å². The fraction of sp³-hybridized carbons (Fsp3) is 0.333. The second kappa shape index (κ2) is 4.88. The molecule has 0 radical (unpaired) electrons. The average molecular weight is 255 g/mol. The first-order valence-corrected chi connectivity index (χ1v) is 6.55. The quantitative estimate of drug-likeness (QED) is 0.915. The molecule has 0 atom stereocenters. The molecule has 0 spiro atoms. The Hall–Kier alpha value is -2.10. The molecule has 0 unspecified atom stereocenters. The summed E-state index contributed by atoms with van der Waals surface area (Å²) in [5.74, 6) is 1.45. The number of hydrogen-bond donors (Lipinski definition) is 1. The molecule has 4 heteroatoms. The van der Waals surface area contributed by atoms with Gasteiger partial charge in [-0.15, -0.1) is 0 Å².